The van der Waals surface area contributed by atoms with Gasteiger partial charge >= 0.3 is 0 Å². The number of hydrogen-bond acceptors (Lipinski definition) is 4. The van der Waals surface area contributed by atoms with E-state index in [-0.39, 0.29) is 18.0 Å². The summed E-state index contributed by atoms with van der Waals surface area (Å²) in [5, 5.41) is 7.86. The van der Waals surface area contributed by atoms with Crippen LogP contribution in [0.25, 0.3) is 16.7 Å². The molecule has 134 valence electrons. The minimum absolute atomic E-state index is 0.140. The molecule has 0 radical (unpaired) electrons. The first kappa shape index (κ1) is 17.0. The summed E-state index contributed by atoms with van der Waals surface area (Å²) in [6, 6.07) is 16.1. The summed E-state index contributed by atoms with van der Waals surface area (Å²) in [4.78, 5) is 29.2. The van der Waals surface area contributed by atoms with Crippen molar-refractivity contribution >= 4 is 34.2 Å². The summed E-state index contributed by atoms with van der Waals surface area (Å²) in [6.07, 6.45) is 2.79. The minimum atomic E-state index is -0.337. The second kappa shape index (κ2) is 7.05. The van der Waals surface area contributed by atoms with E-state index in [2.05, 4.69) is 15.4 Å². The van der Waals surface area contributed by atoms with Gasteiger partial charge in [-0.25, -0.2) is 9.67 Å². The predicted molar refractivity (Wildman–Crippen MR) is 103 cm³/mol. The van der Waals surface area contributed by atoms with Gasteiger partial charge in [-0.2, -0.15) is 5.10 Å². The molecule has 0 saturated carbocycles. The number of benzene rings is 2. The molecule has 0 spiro atoms. The number of halogens is 1. The van der Waals surface area contributed by atoms with E-state index in [9.17, 15) is 9.59 Å². The van der Waals surface area contributed by atoms with Crippen molar-refractivity contribution in [1.29, 1.82) is 0 Å². The predicted octanol–water partition coefficient (Wildman–Crippen LogP) is 2.87. The molecule has 0 aliphatic heterocycles. The Bertz CT molecular complexity index is 1180. The molecule has 4 aromatic rings. The van der Waals surface area contributed by atoms with Crippen LogP contribution in [0, 0.1) is 0 Å². The van der Waals surface area contributed by atoms with Crippen molar-refractivity contribution in [3.8, 4) is 5.69 Å². The molecule has 2 heterocycles. The smallest absolute Gasteiger partial charge is 0.264 e. The van der Waals surface area contributed by atoms with Crippen LogP contribution in [0.4, 0.5) is 5.69 Å². The molecular formula is C19H14ClN5O2. The topological polar surface area (TPSA) is 81.8 Å². The number of amides is 1. The van der Waals surface area contributed by atoms with Crippen LogP contribution in [0.15, 0.2) is 71.9 Å². The van der Waals surface area contributed by atoms with Crippen molar-refractivity contribution < 1.29 is 4.79 Å². The number of hydrogen-bond donors (Lipinski definition) is 1. The number of rotatable bonds is 4. The molecule has 0 bridgehead atoms. The lowest BCUT2D eigenvalue weighted by Crippen LogP contribution is -2.27. The molecule has 0 unspecified atom stereocenters. The molecule has 8 heteroatoms. The fourth-order valence-corrected chi connectivity index (χ4v) is 2.92. The maximum atomic E-state index is 12.7. The van der Waals surface area contributed by atoms with E-state index in [0.717, 1.165) is 0 Å². The van der Waals surface area contributed by atoms with Crippen molar-refractivity contribution in [3.05, 3.63) is 82.5 Å². The zero-order chi connectivity index (χ0) is 18.8. The Balaban J connectivity index is 1.63. The van der Waals surface area contributed by atoms with E-state index in [0.29, 0.717) is 27.4 Å². The standard InChI is InChI=1S/C19H14ClN5O2/c20-13-5-4-8-15(9-13)25-18-16(10-22-25)19(27)24(12-21-18)11-17(26)23-14-6-2-1-3-7-14/h1-10,12H,11H2,(H,23,26). The van der Waals surface area contributed by atoms with Gasteiger partial charge in [0.2, 0.25) is 5.91 Å². The average Bonchev–Trinajstić information content (AvgIpc) is 3.10. The quantitative estimate of drug-likeness (QED) is 0.591. The fourth-order valence-electron chi connectivity index (χ4n) is 2.73. The Labute approximate surface area is 158 Å². The molecule has 0 aliphatic rings. The highest BCUT2D eigenvalue weighted by Gasteiger charge is 2.13. The SMILES string of the molecule is O=C(Cn1cnc2c(cnn2-c2cccc(Cl)c2)c1=O)Nc1ccccc1. The number of para-hydroxylation sites is 1. The van der Waals surface area contributed by atoms with Crippen LogP contribution in [0.2, 0.25) is 5.02 Å². The third-order valence-electron chi connectivity index (χ3n) is 3.98. The Morgan fingerprint density at radius 2 is 1.93 bits per heavy atom. The van der Waals surface area contributed by atoms with Gasteiger partial charge in [-0.05, 0) is 30.3 Å². The number of nitrogens with one attached hydrogen (secondary N) is 1. The molecule has 0 fully saturated rings. The molecule has 7 nitrogen and oxygen atoms in total. The average molecular weight is 380 g/mol. The Morgan fingerprint density at radius 3 is 2.70 bits per heavy atom. The number of aromatic nitrogens is 4. The lowest BCUT2D eigenvalue weighted by atomic mass is 10.3. The first-order valence-electron chi connectivity index (χ1n) is 8.16. The van der Waals surface area contributed by atoms with E-state index in [1.54, 1.807) is 30.3 Å². The normalized spacial score (nSPS) is 10.9. The molecule has 27 heavy (non-hydrogen) atoms. The van der Waals surface area contributed by atoms with Crippen LogP contribution in [0.3, 0.4) is 0 Å². The molecular weight excluding hydrogens is 366 g/mol. The van der Waals surface area contributed by atoms with E-state index >= 15 is 0 Å². The van der Waals surface area contributed by atoms with Crippen LogP contribution in [0.1, 0.15) is 0 Å². The Kier molecular flexibility index (Phi) is 4.43. The van der Waals surface area contributed by atoms with Gasteiger partial charge in [0.05, 0.1) is 11.9 Å². The lowest BCUT2D eigenvalue weighted by Gasteiger charge is -2.07. The van der Waals surface area contributed by atoms with Crippen LogP contribution in [-0.2, 0) is 11.3 Å². The first-order chi connectivity index (χ1) is 13.1. The van der Waals surface area contributed by atoms with Crippen molar-refractivity contribution in [2.24, 2.45) is 0 Å². The van der Waals surface area contributed by atoms with Crippen molar-refractivity contribution in [2.45, 2.75) is 6.54 Å². The maximum absolute atomic E-state index is 12.7. The molecule has 0 atom stereocenters. The second-order valence-electron chi connectivity index (χ2n) is 5.87. The molecule has 4 rings (SSSR count). The van der Waals surface area contributed by atoms with E-state index in [4.69, 9.17) is 11.6 Å². The number of carbonyl (C=O) groups excluding carboxylic acids is 1. The van der Waals surface area contributed by atoms with Crippen molar-refractivity contribution in [2.75, 3.05) is 5.32 Å². The third kappa shape index (κ3) is 3.45. The van der Waals surface area contributed by atoms with Gasteiger partial charge in [0.15, 0.2) is 5.65 Å². The molecule has 2 aromatic carbocycles. The summed E-state index contributed by atoms with van der Waals surface area (Å²) < 4.78 is 2.79. The molecule has 0 saturated heterocycles. The number of anilines is 1. The van der Waals surface area contributed by atoms with Gasteiger partial charge < -0.3 is 5.32 Å². The summed E-state index contributed by atoms with van der Waals surface area (Å²) in [5.41, 5.74) is 1.43. The van der Waals surface area contributed by atoms with Crippen LogP contribution < -0.4 is 10.9 Å². The number of fused-ring (bicyclic) bond motifs is 1. The zero-order valence-electron chi connectivity index (χ0n) is 14.0. The fraction of sp³-hybridized carbons (Fsp3) is 0.0526. The van der Waals surface area contributed by atoms with Gasteiger partial charge in [0.25, 0.3) is 5.56 Å². The Hall–Kier alpha value is -3.45. The largest absolute Gasteiger partial charge is 0.325 e. The van der Waals surface area contributed by atoms with Crippen molar-refractivity contribution in [3.63, 3.8) is 0 Å². The van der Waals surface area contributed by atoms with Crippen LogP contribution >= 0.6 is 11.6 Å². The van der Waals surface area contributed by atoms with Gasteiger partial charge in [-0.15, -0.1) is 0 Å². The van der Waals surface area contributed by atoms with E-state index in [1.165, 1.54) is 21.8 Å². The van der Waals surface area contributed by atoms with Gasteiger partial charge in [-0.1, -0.05) is 35.9 Å². The highest BCUT2D eigenvalue weighted by atomic mass is 35.5. The summed E-state index contributed by atoms with van der Waals surface area (Å²) in [5.74, 6) is -0.313. The number of carbonyl (C=O) groups is 1. The summed E-state index contributed by atoms with van der Waals surface area (Å²) >= 11 is 6.02. The maximum Gasteiger partial charge on any atom is 0.264 e. The van der Waals surface area contributed by atoms with E-state index in [1.807, 2.05) is 24.3 Å². The van der Waals surface area contributed by atoms with Gasteiger partial charge in [-0.3, -0.25) is 14.2 Å². The first-order valence-corrected chi connectivity index (χ1v) is 8.53. The monoisotopic (exact) mass is 379 g/mol. The summed E-state index contributed by atoms with van der Waals surface area (Å²) in [6.45, 7) is -0.140. The van der Waals surface area contributed by atoms with Gasteiger partial charge in [0.1, 0.15) is 18.3 Å². The second-order valence-corrected chi connectivity index (χ2v) is 6.30. The number of nitrogens with zero attached hydrogens (tertiary/aromatic N) is 4. The van der Waals surface area contributed by atoms with Crippen LogP contribution in [0.5, 0.6) is 0 Å². The molecule has 2 aromatic heterocycles. The lowest BCUT2D eigenvalue weighted by molar-refractivity contribution is -0.116. The zero-order valence-corrected chi connectivity index (χ0v) is 14.8. The molecule has 1 amide bonds. The Morgan fingerprint density at radius 1 is 1.11 bits per heavy atom. The third-order valence-corrected chi connectivity index (χ3v) is 4.21. The summed E-state index contributed by atoms with van der Waals surface area (Å²) in [7, 11) is 0. The van der Waals surface area contributed by atoms with Crippen molar-refractivity contribution in [1.82, 2.24) is 19.3 Å². The molecule has 0 aliphatic carbocycles. The van der Waals surface area contributed by atoms with E-state index < -0.39 is 0 Å². The molecule has 1 N–H and O–H groups in total. The van der Waals surface area contributed by atoms with Gasteiger partial charge in [0, 0.05) is 10.7 Å². The van der Waals surface area contributed by atoms with Crippen LogP contribution in [-0.4, -0.2) is 25.2 Å². The highest BCUT2D eigenvalue weighted by molar-refractivity contribution is 6.30. The highest BCUT2D eigenvalue weighted by Crippen LogP contribution is 2.17. The minimum Gasteiger partial charge on any atom is -0.325 e.